The predicted octanol–water partition coefficient (Wildman–Crippen LogP) is 5.97. The molecule has 0 bridgehead atoms. The van der Waals surface area contributed by atoms with E-state index in [1.165, 1.54) is 25.3 Å². The summed E-state index contributed by atoms with van der Waals surface area (Å²) in [4.78, 5) is 29.7. The zero-order chi connectivity index (χ0) is 29.2. The van der Waals surface area contributed by atoms with Gasteiger partial charge in [-0.1, -0.05) is 35.7 Å². The van der Waals surface area contributed by atoms with Crippen molar-refractivity contribution in [3.8, 4) is 17.0 Å². The van der Waals surface area contributed by atoms with Crippen LogP contribution in [0.1, 0.15) is 18.4 Å². The lowest BCUT2D eigenvalue weighted by Gasteiger charge is -2.33. The van der Waals surface area contributed by atoms with Crippen molar-refractivity contribution in [2.45, 2.75) is 45.0 Å². The molecule has 2 N–H and O–H groups in total. The number of morpholine rings is 1. The summed E-state index contributed by atoms with van der Waals surface area (Å²) in [6.45, 7) is 5.90. The van der Waals surface area contributed by atoms with E-state index in [2.05, 4.69) is 67.5 Å². The molecule has 5 heterocycles. The molecule has 2 aromatic carbocycles. The molecule has 2 saturated heterocycles. The summed E-state index contributed by atoms with van der Waals surface area (Å²) in [6.07, 6.45) is 5.87. The number of hydrogen-bond acceptors (Lipinski definition) is 9. The number of hydrogen-bond donors (Lipinski definition) is 2. The van der Waals surface area contributed by atoms with E-state index >= 15 is 0 Å². The Hall–Kier alpha value is -3.44. The summed E-state index contributed by atoms with van der Waals surface area (Å²) in [5.41, 5.74) is 5.09. The summed E-state index contributed by atoms with van der Waals surface area (Å²) in [6, 6.07) is 19.3. The quantitative estimate of drug-likeness (QED) is 0.231. The minimum atomic E-state index is -0.0798. The summed E-state index contributed by atoms with van der Waals surface area (Å²) in [7, 11) is 1.72. The number of anilines is 2. The van der Waals surface area contributed by atoms with Gasteiger partial charge in [-0.15, -0.1) is 0 Å². The molecule has 0 amide bonds. The molecule has 0 saturated carbocycles. The summed E-state index contributed by atoms with van der Waals surface area (Å²) in [5.74, 6) is 0.906. The molecular weight excluding hydrogens is 579 g/mol. The second-order valence-corrected chi connectivity index (χ2v) is 13.2. The number of ether oxygens (including phenoxy) is 2. The molecule has 222 valence electrons. The summed E-state index contributed by atoms with van der Waals surface area (Å²) in [5, 5.41) is 3.80. The predicted molar refractivity (Wildman–Crippen MR) is 173 cm³/mol. The maximum atomic E-state index is 12.7. The molecule has 0 spiro atoms. The highest BCUT2D eigenvalue weighted by atomic mass is 32.2. The number of piperidine rings is 1. The molecular formula is C33H35N5O3S2. The average molecular weight is 614 g/mol. The van der Waals surface area contributed by atoms with Crippen LogP contribution in [0.3, 0.4) is 0 Å². The van der Waals surface area contributed by atoms with E-state index in [4.69, 9.17) is 9.47 Å². The molecule has 2 aromatic heterocycles. The van der Waals surface area contributed by atoms with Crippen LogP contribution in [-0.4, -0.2) is 67.4 Å². The minimum absolute atomic E-state index is 0.0798. The molecule has 3 aliphatic rings. The van der Waals surface area contributed by atoms with Gasteiger partial charge in [-0.25, -0.2) is 0 Å². The van der Waals surface area contributed by atoms with E-state index in [0.717, 1.165) is 73.8 Å². The van der Waals surface area contributed by atoms with Crippen LogP contribution >= 0.6 is 23.5 Å². The van der Waals surface area contributed by atoms with Gasteiger partial charge >= 0.3 is 0 Å². The normalized spacial score (nSPS) is 17.3. The first-order valence-corrected chi connectivity index (χ1v) is 16.4. The van der Waals surface area contributed by atoms with E-state index in [0.29, 0.717) is 19.3 Å². The first kappa shape index (κ1) is 28.3. The Labute approximate surface area is 260 Å². The van der Waals surface area contributed by atoms with Crippen LogP contribution in [0.5, 0.6) is 5.75 Å². The molecule has 0 unspecified atom stereocenters. The first-order valence-electron chi connectivity index (χ1n) is 14.8. The Kier molecular flexibility index (Phi) is 8.34. The van der Waals surface area contributed by atoms with Gasteiger partial charge in [-0.2, -0.15) is 0 Å². The van der Waals surface area contributed by atoms with Gasteiger partial charge in [-0.3, -0.25) is 14.7 Å². The highest BCUT2D eigenvalue weighted by Gasteiger charge is 2.24. The minimum Gasteiger partial charge on any atom is -0.496 e. The van der Waals surface area contributed by atoms with Crippen molar-refractivity contribution in [3.05, 3.63) is 82.9 Å². The van der Waals surface area contributed by atoms with Gasteiger partial charge in [0.05, 0.1) is 26.0 Å². The third-order valence-corrected chi connectivity index (χ3v) is 10.9. The standard InChI is InChI=1S/C33H35N5O3S2/c1-40-28-7-10-34-20-22(28)21-37-11-8-23(9-12-37)35-24-5-6-29-31(17-24)42-30-4-2-3-26(33(30)43-29)27-18-25(19-32(39)36-27)38-13-15-41-16-14-38/h2-7,10,17-20,23,35H,8-9,11-16,21H2,1H3,(H,36,39). The lowest BCUT2D eigenvalue weighted by molar-refractivity contribution is 0.122. The first-order chi connectivity index (χ1) is 21.1. The number of benzene rings is 2. The van der Waals surface area contributed by atoms with E-state index in [-0.39, 0.29) is 5.56 Å². The SMILES string of the molecule is COc1ccncc1CN1CCC(Nc2ccc3c(c2)Sc2cccc(-c4cc(N5CCOCC5)cc(=O)[nH]4)c2S3)CC1. The van der Waals surface area contributed by atoms with E-state index in [1.807, 2.05) is 12.3 Å². The fourth-order valence-corrected chi connectivity index (χ4v) is 8.44. The maximum absolute atomic E-state index is 12.7. The third-order valence-electron chi connectivity index (χ3n) is 8.28. The highest BCUT2D eigenvalue weighted by Crippen LogP contribution is 2.52. The second kappa shape index (κ2) is 12.7. The number of nitrogens with one attached hydrogen (secondary N) is 2. The zero-order valence-electron chi connectivity index (χ0n) is 24.2. The van der Waals surface area contributed by atoms with Crippen LogP contribution in [0.15, 0.2) is 91.4 Å². The lowest BCUT2D eigenvalue weighted by Crippen LogP contribution is -2.38. The Bertz CT molecular complexity index is 1660. The molecule has 4 aromatic rings. The zero-order valence-corrected chi connectivity index (χ0v) is 25.8. The van der Waals surface area contributed by atoms with Crippen LogP contribution < -0.4 is 20.5 Å². The van der Waals surface area contributed by atoms with E-state index < -0.39 is 0 Å². The fraction of sp³-hybridized carbons (Fsp3) is 0.333. The molecule has 8 nitrogen and oxygen atoms in total. The van der Waals surface area contributed by atoms with Crippen molar-refractivity contribution >= 4 is 34.9 Å². The van der Waals surface area contributed by atoms with Gasteiger partial charge in [-0.05, 0) is 49.2 Å². The molecule has 7 rings (SSSR count). The van der Waals surface area contributed by atoms with Crippen molar-refractivity contribution in [3.63, 3.8) is 0 Å². The molecule has 0 atom stereocenters. The lowest BCUT2D eigenvalue weighted by atomic mass is 10.0. The molecule has 0 aliphatic carbocycles. The van der Waals surface area contributed by atoms with Crippen LogP contribution in [0.25, 0.3) is 11.3 Å². The van der Waals surface area contributed by atoms with Crippen LogP contribution in [0.2, 0.25) is 0 Å². The van der Waals surface area contributed by atoms with Crippen LogP contribution in [-0.2, 0) is 11.3 Å². The Morgan fingerprint density at radius 1 is 1.00 bits per heavy atom. The van der Waals surface area contributed by atoms with Crippen molar-refractivity contribution in [1.29, 1.82) is 0 Å². The monoisotopic (exact) mass is 613 g/mol. The Morgan fingerprint density at radius 3 is 2.70 bits per heavy atom. The number of pyridine rings is 2. The van der Waals surface area contributed by atoms with Crippen molar-refractivity contribution < 1.29 is 9.47 Å². The van der Waals surface area contributed by atoms with Crippen molar-refractivity contribution in [2.24, 2.45) is 0 Å². The number of rotatable bonds is 7. The molecule has 10 heteroatoms. The molecule has 0 radical (unpaired) electrons. The largest absolute Gasteiger partial charge is 0.496 e. The number of methoxy groups -OCH3 is 1. The number of likely N-dealkylation sites (tertiary alicyclic amines) is 1. The van der Waals surface area contributed by atoms with Gasteiger partial charge in [0, 0.05) is 99.3 Å². The molecule has 2 fully saturated rings. The summed E-state index contributed by atoms with van der Waals surface area (Å²) < 4.78 is 11.0. The topological polar surface area (TPSA) is 82.7 Å². The molecule has 43 heavy (non-hydrogen) atoms. The van der Waals surface area contributed by atoms with Crippen molar-refractivity contribution in [2.75, 3.05) is 56.7 Å². The second-order valence-electron chi connectivity index (χ2n) is 11.1. The smallest absolute Gasteiger partial charge is 0.250 e. The number of nitrogens with zero attached hydrogens (tertiary/aromatic N) is 3. The van der Waals surface area contributed by atoms with Gasteiger partial charge in [0.15, 0.2) is 0 Å². The van der Waals surface area contributed by atoms with Crippen molar-refractivity contribution in [1.82, 2.24) is 14.9 Å². The number of aromatic nitrogens is 2. The highest BCUT2D eigenvalue weighted by molar-refractivity contribution is 8.05. The van der Waals surface area contributed by atoms with Crippen LogP contribution in [0.4, 0.5) is 11.4 Å². The van der Waals surface area contributed by atoms with Gasteiger partial charge in [0.2, 0.25) is 5.56 Å². The third kappa shape index (κ3) is 6.28. The Balaban J connectivity index is 1.03. The van der Waals surface area contributed by atoms with Gasteiger partial charge < -0.3 is 24.7 Å². The number of fused-ring (bicyclic) bond motifs is 2. The number of aromatic amines is 1. The number of H-pyrrole nitrogens is 1. The van der Waals surface area contributed by atoms with Gasteiger partial charge in [0.1, 0.15) is 5.75 Å². The van der Waals surface area contributed by atoms with Crippen LogP contribution in [0, 0.1) is 0 Å². The fourth-order valence-electron chi connectivity index (χ4n) is 6.03. The molecule has 3 aliphatic heterocycles. The van der Waals surface area contributed by atoms with Gasteiger partial charge in [0.25, 0.3) is 0 Å². The summed E-state index contributed by atoms with van der Waals surface area (Å²) >= 11 is 3.59. The Morgan fingerprint density at radius 2 is 1.86 bits per heavy atom. The maximum Gasteiger partial charge on any atom is 0.250 e. The average Bonchev–Trinajstić information content (AvgIpc) is 3.05. The van der Waals surface area contributed by atoms with E-state index in [1.54, 1.807) is 42.9 Å². The van der Waals surface area contributed by atoms with E-state index in [9.17, 15) is 4.79 Å².